The topological polar surface area (TPSA) is 43.8 Å². The molecule has 0 bridgehead atoms. The molecule has 0 aliphatic heterocycles. The molecule has 1 aromatic rings. The van der Waals surface area contributed by atoms with E-state index in [1.807, 2.05) is 7.05 Å². The third-order valence-electron chi connectivity index (χ3n) is 4.28. The van der Waals surface area contributed by atoms with Gasteiger partial charge in [-0.1, -0.05) is 36.2 Å². The summed E-state index contributed by atoms with van der Waals surface area (Å²) in [5.74, 6) is 0.121. The predicted octanol–water partition coefficient (Wildman–Crippen LogP) is 1.80. The molecule has 21 heavy (non-hydrogen) atoms. The highest BCUT2D eigenvalue weighted by Gasteiger charge is 2.26. The van der Waals surface area contributed by atoms with Crippen LogP contribution in [-0.4, -0.2) is 53.6 Å². The van der Waals surface area contributed by atoms with E-state index in [0.29, 0.717) is 25.7 Å². The summed E-state index contributed by atoms with van der Waals surface area (Å²) in [4.78, 5) is 16.2. The number of aliphatic hydroxyl groups is 1. The fourth-order valence-electron chi connectivity index (χ4n) is 2.62. The standard InChI is InChI=1S/C17H26N2O2/c1-14-6-8-15(9-7-14)12-18(2)17(21)13-19(10-11-20)16-4-3-5-16/h6-9,16,20H,3-5,10-13H2,1-2H3. The number of aliphatic hydroxyl groups excluding tert-OH is 1. The lowest BCUT2D eigenvalue weighted by molar-refractivity contribution is -0.132. The fourth-order valence-corrected chi connectivity index (χ4v) is 2.62. The van der Waals surface area contributed by atoms with E-state index >= 15 is 0 Å². The van der Waals surface area contributed by atoms with Crippen LogP contribution in [0.3, 0.4) is 0 Å². The van der Waals surface area contributed by atoms with Gasteiger partial charge < -0.3 is 10.0 Å². The van der Waals surface area contributed by atoms with Gasteiger partial charge in [0.05, 0.1) is 13.2 Å². The van der Waals surface area contributed by atoms with Crippen LogP contribution >= 0.6 is 0 Å². The molecule has 2 rings (SSSR count). The van der Waals surface area contributed by atoms with E-state index in [1.165, 1.54) is 12.0 Å². The molecular weight excluding hydrogens is 264 g/mol. The fraction of sp³-hybridized carbons (Fsp3) is 0.588. The van der Waals surface area contributed by atoms with Crippen LogP contribution in [0.1, 0.15) is 30.4 Å². The van der Waals surface area contributed by atoms with Crippen LogP contribution in [0, 0.1) is 6.92 Å². The molecule has 0 atom stereocenters. The quantitative estimate of drug-likeness (QED) is 0.833. The minimum atomic E-state index is 0.117. The summed E-state index contributed by atoms with van der Waals surface area (Å²) in [6.07, 6.45) is 3.53. The maximum absolute atomic E-state index is 12.3. The zero-order valence-electron chi connectivity index (χ0n) is 13.1. The van der Waals surface area contributed by atoms with E-state index in [4.69, 9.17) is 5.11 Å². The van der Waals surface area contributed by atoms with Gasteiger partial charge in [-0.3, -0.25) is 9.69 Å². The summed E-state index contributed by atoms with van der Waals surface area (Å²) >= 11 is 0. The van der Waals surface area contributed by atoms with E-state index < -0.39 is 0 Å². The van der Waals surface area contributed by atoms with Crippen molar-refractivity contribution in [3.8, 4) is 0 Å². The summed E-state index contributed by atoms with van der Waals surface area (Å²) in [6.45, 7) is 3.81. The third kappa shape index (κ3) is 4.55. The highest BCUT2D eigenvalue weighted by molar-refractivity contribution is 5.78. The van der Waals surface area contributed by atoms with Crippen molar-refractivity contribution in [3.05, 3.63) is 35.4 Å². The molecule has 4 nitrogen and oxygen atoms in total. The predicted molar refractivity (Wildman–Crippen MR) is 84.0 cm³/mol. The molecule has 1 amide bonds. The molecule has 0 saturated heterocycles. The summed E-state index contributed by atoms with van der Waals surface area (Å²) in [7, 11) is 1.85. The van der Waals surface area contributed by atoms with Crippen LogP contribution in [0.25, 0.3) is 0 Å². The second kappa shape index (κ2) is 7.57. The average Bonchev–Trinajstić information content (AvgIpc) is 2.39. The number of hydrogen-bond acceptors (Lipinski definition) is 3. The molecule has 1 aliphatic carbocycles. The van der Waals surface area contributed by atoms with Crippen LogP contribution in [-0.2, 0) is 11.3 Å². The second-order valence-electron chi connectivity index (χ2n) is 6.01. The van der Waals surface area contributed by atoms with Gasteiger partial charge in [0.1, 0.15) is 0 Å². The van der Waals surface area contributed by atoms with Gasteiger partial charge in [0.25, 0.3) is 0 Å². The van der Waals surface area contributed by atoms with Crippen molar-refractivity contribution in [1.29, 1.82) is 0 Å². The first kappa shape index (κ1) is 16.0. The van der Waals surface area contributed by atoms with Gasteiger partial charge in [-0.15, -0.1) is 0 Å². The van der Waals surface area contributed by atoms with E-state index in [-0.39, 0.29) is 12.5 Å². The Bertz CT molecular complexity index is 454. The first-order chi connectivity index (χ1) is 10.1. The van der Waals surface area contributed by atoms with Crippen molar-refractivity contribution in [1.82, 2.24) is 9.80 Å². The second-order valence-corrected chi connectivity index (χ2v) is 6.01. The number of amides is 1. The number of hydrogen-bond donors (Lipinski definition) is 1. The molecule has 0 spiro atoms. The lowest BCUT2D eigenvalue weighted by atomic mass is 9.91. The number of carbonyl (C=O) groups excluding carboxylic acids is 1. The van der Waals surface area contributed by atoms with Crippen LogP contribution < -0.4 is 0 Å². The van der Waals surface area contributed by atoms with E-state index in [0.717, 1.165) is 18.4 Å². The molecule has 4 heteroatoms. The van der Waals surface area contributed by atoms with Crippen molar-refractivity contribution >= 4 is 5.91 Å². The van der Waals surface area contributed by atoms with Gasteiger partial charge in [-0.05, 0) is 25.3 Å². The SMILES string of the molecule is Cc1ccc(CN(C)C(=O)CN(CCO)C2CCC2)cc1. The normalized spacial score (nSPS) is 15.0. The molecule has 1 aromatic carbocycles. The first-order valence-electron chi connectivity index (χ1n) is 7.74. The van der Waals surface area contributed by atoms with Crippen molar-refractivity contribution in [2.45, 2.75) is 38.8 Å². The highest BCUT2D eigenvalue weighted by atomic mass is 16.3. The van der Waals surface area contributed by atoms with Crippen molar-refractivity contribution < 1.29 is 9.90 Å². The molecular formula is C17H26N2O2. The Morgan fingerprint density at radius 3 is 2.48 bits per heavy atom. The zero-order valence-corrected chi connectivity index (χ0v) is 13.1. The number of benzene rings is 1. The van der Waals surface area contributed by atoms with Crippen LogP contribution in [0.5, 0.6) is 0 Å². The van der Waals surface area contributed by atoms with E-state index in [9.17, 15) is 4.79 Å². The van der Waals surface area contributed by atoms with Gasteiger partial charge in [-0.25, -0.2) is 0 Å². The monoisotopic (exact) mass is 290 g/mol. The highest BCUT2D eigenvalue weighted by Crippen LogP contribution is 2.24. The Morgan fingerprint density at radius 1 is 1.29 bits per heavy atom. The minimum Gasteiger partial charge on any atom is -0.395 e. The molecule has 1 saturated carbocycles. The smallest absolute Gasteiger partial charge is 0.236 e. The number of nitrogens with zero attached hydrogens (tertiary/aromatic N) is 2. The summed E-state index contributed by atoms with van der Waals surface area (Å²) in [6, 6.07) is 8.75. The van der Waals surface area contributed by atoms with Crippen molar-refractivity contribution in [2.75, 3.05) is 26.7 Å². The van der Waals surface area contributed by atoms with Crippen molar-refractivity contribution in [3.63, 3.8) is 0 Å². The number of aryl methyl sites for hydroxylation is 1. The summed E-state index contributed by atoms with van der Waals surface area (Å²) in [5, 5.41) is 9.15. The number of rotatable bonds is 7. The van der Waals surface area contributed by atoms with Gasteiger partial charge in [0.15, 0.2) is 0 Å². The summed E-state index contributed by atoms with van der Waals surface area (Å²) in [5.41, 5.74) is 2.38. The minimum absolute atomic E-state index is 0.117. The zero-order chi connectivity index (χ0) is 15.2. The maximum atomic E-state index is 12.3. The Labute approximate surface area is 127 Å². The molecule has 1 aliphatic rings. The molecule has 1 fully saturated rings. The van der Waals surface area contributed by atoms with Gasteiger partial charge in [0.2, 0.25) is 5.91 Å². The lowest BCUT2D eigenvalue weighted by Crippen LogP contribution is -2.47. The van der Waals surface area contributed by atoms with Crippen LogP contribution in [0.15, 0.2) is 24.3 Å². The molecule has 116 valence electrons. The average molecular weight is 290 g/mol. The van der Waals surface area contributed by atoms with Gasteiger partial charge in [-0.2, -0.15) is 0 Å². The van der Waals surface area contributed by atoms with Crippen LogP contribution in [0.2, 0.25) is 0 Å². The number of carbonyl (C=O) groups is 1. The molecule has 0 radical (unpaired) electrons. The number of likely N-dealkylation sites (N-methyl/N-ethyl adjacent to an activating group) is 1. The third-order valence-corrected chi connectivity index (χ3v) is 4.28. The Balaban J connectivity index is 1.87. The first-order valence-corrected chi connectivity index (χ1v) is 7.74. The van der Waals surface area contributed by atoms with Crippen molar-refractivity contribution in [2.24, 2.45) is 0 Å². The lowest BCUT2D eigenvalue weighted by Gasteiger charge is -2.37. The molecule has 0 aromatic heterocycles. The molecule has 0 heterocycles. The van der Waals surface area contributed by atoms with E-state index in [1.54, 1.807) is 4.90 Å². The molecule has 1 N–H and O–H groups in total. The Hall–Kier alpha value is -1.39. The Kier molecular flexibility index (Phi) is 5.76. The van der Waals surface area contributed by atoms with Gasteiger partial charge in [0, 0.05) is 26.2 Å². The van der Waals surface area contributed by atoms with E-state index in [2.05, 4.69) is 36.1 Å². The Morgan fingerprint density at radius 2 is 1.95 bits per heavy atom. The summed E-state index contributed by atoms with van der Waals surface area (Å²) < 4.78 is 0. The van der Waals surface area contributed by atoms with Crippen LogP contribution in [0.4, 0.5) is 0 Å². The maximum Gasteiger partial charge on any atom is 0.236 e. The molecule has 0 unspecified atom stereocenters. The largest absolute Gasteiger partial charge is 0.395 e. The van der Waals surface area contributed by atoms with Gasteiger partial charge >= 0.3 is 0 Å².